The summed E-state index contributed by atoms with van der Waals surface area (Å²) in [6.45, 7) is 6.00. The normalized spacial score (nSPS) is 12.0. The van der Waals surface area contributed by atoms with Crippen LogP contribution < -0.4 is 0 Å². The van der Waals surface area contributed by atoms with Gasteiger partial charge in [0, 0.05) is 0 Å². The molecule has 0 aliphatic heterocycles. The molecule has 0 aliphatic rings. The molecule has 2 aromatic rings. The van der Waals surface area contributed by atoms with Crippen LogP contribution in [0.25, 0.3) is 0 Å². The number of Topliss-reactive ketones (excluding diaryl/α,β-unsaturated/α-hetero) is 1. The fourth-order valence-electron chi connectivity index (χ4n) is 3.44. The van der Waals surface area contributed by atoms with E-state index in [1.54, 1.807) is 36.4 Å². The molecule has 0 saturated heterocycles. The summed E-state index contributed by atoms with van der Waals surface area (Å²) in [5, 5.41) is 10.1. The van der Waals surface area contributed by atoms with Crippen LogP contribution in [0.3, 0.4) is 0 Å². The number of likely N-dealkylation sites (N-methyl/N-ethyl adjacent to an activating group) is 1. The van der Waals surface area contributed by atoms with E-state index < -0.39 is 0 Å². The molecule has 0 aliphatic carbocycles. The number of esters is 1. The quantitative estimate of drug-likeness (QED) is 0.319. The maximum atomic E-state index is 13.0. The third kappa shape index (κ3) is 6.71. The SMILES string of the molecule is CCN(CC)C(CCCCCOC(=O)c1ccccc1)C(=O)c1ccccc1O. The van der Waals surface area contributed by atoms with Crippen LogP contribution in [0.15, 0.2) is 54.6 Å². The van der Waals surface area contributed by atoms with Crippen molar-refractivity contribution in [2.75, 3.05) is 19.7 Å². The second-order valence-electron chi connectivity index (χ2n) is 6.97. The molecule has 0 radical (unpaired) electrons. The van der Waals surface area contributed by atoms with E-state index in [0.29, 0.717) is 24.2 Å². The highest BCUT2D eigenvalue weighted by molar-refractivity contribution is 6.02. The number of hydrogen-bond acceptors (Lipinski definition) is 5. The summed E-state index contributed by atoms with van der Waals surface area (Å²) in [4.78, 5) is 27.1. The molecule has 2 rings (SSSR count). The Labute approximate surface area is 173 Å². The Morgan fingerprint density at radius 1 is 0.931 bits per heavy atom. The van der Waals surface area contributed by atoms with Gasteiger partial charge in [0.15, 0.2) is 5.78 Å². The Hall–Kier alpha value is -2.66. The van der Waals surface area contributed by atoms with Crippen molar-refractivity contribution in [2.24, 2.45) is 0 Å². The standard InChI is InChI=1S/C24H31NO4/c1-3-25(4-2)21(23(27)20-15-10-11-17-22(20)26)16-9-6-12-18-29-24(28)19-13-7-5-8-14-19/h5,7-8,10-11,13-15,17,21,26H,3-4,6,9,12,16,18H2,1-2H3. The fraction of sp³-hybridized carbons (Fsp3) is 0.417. The summed E-state index contributed by atoms with van der Waals surface area (Å²) < 4.78 is 5.31. The summed E-state index contributed by atoms with van der Waals surface area (Å²) >= 11 is 0. The number of ketones is 1. The van der Waals surface area contributed by atoms with Crippen LogP contribution in [-0.2, 0) is 4.74 Å². The summed E-state index contributed by atoms with van der Waals surface area (Å²) in [5.41, 5.74) is 0.934. The molecule has 0 amide bonds. The first kappa shape index (κ1) is 22.6. The van der Waals surface area contributed by atoms with Gasteiger partial charge < -0.3 is 9.84 Å². The van der Waals surface area contributed by atoms with Gasteiger partial charge in [-0.1, -0.05) is 50.6 Å². The van der Waals surface area contributed by atoms with Crippen LogP contribution in [-0.4, -0.2) is 47.5 Å². The molecule has 0 aromatic heterocycles. The smallest absolute Gasteiger partial charge is 0.338 e. The van der Waals surface area contributed by atoms with E-state index in [9.17, 15) is 14.7 Å². The first-order chi connectivity index (χ1) is 14.1. The lowest BCUT2D eigenvalue weighted by molar-refractivity contribution is 0.0497. The maximum absolute atomic E-state index is 13.0. The zero-order valence-electron chi connectivity index (χ0n) is 17.3. The molecule has 0 heterocycles. The molecule has 0 fully saturated rings. The first-order valence-electron chi connectivity index (χ1n) is 10.4. The summed E-state index contributed by atoms with van der Waals surface area (Å²) in [6, 6.07) is 15.4. The summed E-state index contributed by atoms with van der Waals surface area (Å²) in [6.07, 6.45) is 3.19. The van der Waals surface area contributed by atoms with Crippen LogP contribution in [0, 0.1) is 0 Å². The van der Waals surface area contributed by atoms with E-state index in [4.69, 9.17) is 4.74 Å². The summed E-state index contributed by atoms with van der Waals surface area (Å²) in [5.74, 6) is -0.314. The van der Waals surface area contributed by atoms with Gasteiger partial charge in [-0.15, -0.1) is 0 Å². The molecule has 29 heavy (non-hydrogen) atoms. The summed E-state index contributed by atoms with van der Waals surface area (Å²) in [7, 11) is 0. The zero-order valence-corrected chi connectivity index (χ0v) is 17.3. The number of carbonyl (C=O) groups excluding carboxylic acids is 2. The third-order valence-corrected chi connectivity index (χ3v) is 5.09. The van der Waals surface area contributed by atoms with Gasteiger partial charge in [-0.05, 0) is 56.6 Å². The average molecular weight is 398 g/mol. The highest BCUT2D eigenvalue weighted by Crippen LogP contribution is 2.22. The number of carbonyl (C=O) groups is 2. The highest BCUT2D eigenvalue weighted by atomic mass is 16.5. The van der Waals surface area contributed by atoms with Crippen molar-refractivity contribution < 1.29 is 19.4 Å². The van der Waals surface area contributed by atoms with Gasteiger partial charge in [0.05, 0.1) is 23.8 Å². The van der Waals surface area contributed by atoms with Crippen molar-refractivity contribution in [3.8, 4) is 5.75 Å². The van der Waals surface area contributed by atoms with E-state index in [1.165, 1.54) is 0 Å². The molecule has 0 saturated carbocycles. The number of para-hydroxylation sites is 1. The Morgan fingerprint density at radius 3 is 2.24 bits per heavy atom. The monoisotopic (exact) mass is 397 g/mol. The molecular formula is C24H31NO4. The van der Waals surface area contributed by atoms with Gasteiger partial charge in [-0.2, -0.15) is 0 Å². The van der Waals surface area contributed by atoms with Crippen molar-refractivity contribution >= 4 is 11.8 Å². The van der Waals surface area contributed by atoms with Crippen LogP contribution in [0.1, 0.15) is 60.2 Å². The lowest BCUT2D eigenvalue weighted by Gasteiger charge is -2.28. The average Bonchev–Trinajstić information content (AvgIpc) is 2.75. The van der Waals surface area contributed by atoms with E-state index >= 15 is 0 Å². The second-order valence-corrected chi connectivity index (χ2v) is 6.97. The van der Waals surface area contributed by atoms with E-state index in [1.807, 2.05) is 32.0 Å². The Bertz CT molecular complexity index is 771. The number of hydrogen-bond donors (Lipinski definition) is 1. The second kappa shape index (κ2) is 12.0. The van der Waals surface area contributed by atoms with Crippen LogP contribution in [0.5, 0.6) is 5.75 Å². The van der Waals surface area contributed by atoms with Crippen molar-refractivity contribution in [2.45, 2.75) is 45.6 Å². The van der Waals surface area contributed by atoms with E-state index in [0.717, 1.165) is 32.4 Å². The largest absolute Gasteiger partial charge is 0.507 e. The molecule has 0 bridgehead atoms. The van der Waals surface area contributed by atoms with Crippen molar-refractivity contribution in [1.82, 2.24) is 4.90 Å². The number of phenols is 1. The van der Waals surface area contributed by atoms with Crippen molar-refractivity contribution in [3.63, 3.8) is 0 Å². The van der Waals surface area contributed by atoms with Crippen molar-refractivity contribution in [3.05, 3.63) is 65.7 Å². The number of nitrogens with zero attached hydrogens (tertiary/aromatic N) is 1. The lowest BCUT2D eigenvalue weighted by Crippen LogP contribution is -2.41. The Kier molecular flexibility index (Phi) is 9.38. The fourth-order valence-corrected chi connectivity index (χ4v) is 3.44. The molecule has 156 valence electrons. The molecular weight excluding hydrogens is 366 g/mol. The van der Waals surface area contributed by atoms with Crippen LogP contribution in [0.2, 0.25) is 0 Å². The first-order valence-corrected chi connectivity index (χ1v) is 10.4. The number of benzene rings is 2. The number of aromatic hydroxyl groups is 1. The van der Waals surface area contributed by atoms with Gasteiger partial charge in [-0.3, -0.25) is 9.69 Å². The van der Waals surface area contributed by atoms with Gasteiger partial charge in [0.1, 0.15) is 5.75 Å². The third-order valence-electron chi connectivity index (χ3n) is 5.09. The molecule has 5 heteroatoms. The van der Waals surface area contributed by atoms with Gasteiger partial charge in [-0.25, -0.2) is 4.79 Å². The molecule has 2 aromatic carbocycles. The minimum atomic E-state index is -0.304. The van der Waals surface area contributed by atoms with Crippen molar-refractivity contribution in [1.29, 1.82) is 0 Å². The number of ether oxygens (including phenoxy) is 1. The minimum Gasteiger partial charge on any atom is -0.507 e. The van der Waals surface area contributed by atoms with Crippen LogP contribution >= 0.6 is 0 Å². The molecule has 0 spiro atoms. The van der Waals surface area contributed by atoms with Gasteiger partial charge >= 0.3 is 5.97 Å². The lowest BCUT2D eigenvalue weighted by atomic mass is 9.96. The molecule has 1 unspecified atom stereocenters. The van der Waals surface area contributed by atoms with Gasteiger partial charge in [0.25, 0.3) is 0 Å². The number of phenolic OH excluding ortho intramolecular Hbond substituents is 1. The Balaban J connectivity index is 1.83. The number of rotatable bonds is 12. The predicted octanol–water partition coefficient (Wildman–Crippen LogP) is 4.70. The Morgan fingerprint density at radius 2 is 1.59 bits per heavy atom. The molecule has 1 atom stereocenters. The van der Waals surface area contributed by atoms with Crippen LogP contribution in [0.4, 0.5) is 0 Å². The number of unbranched alkanes of at least 4 members (excludes halogenated alkanes) is 2. The predicted molar refractivity (Wildman–Crippen MR) is 114 cm³/mol. The van der Waals surface area contributed by atoms with E-state index in [2.05, 4.69) is 4.90 Å². The molecule has 1 N–H and O–H groups in total. The zero-order chi connectivity index (χ0) is 21.1. The topological polar surface area (TPSA) is 66.8 Å². The minimum absolute atomic E-state index is 0.0301. The molecule has 5 nitrogen and oxygen atoms in total. The maximum Gasteiger partial charge on any atom is 0.338 e. The highest BCUT2D eigenvalue weighted by Gasteiger charge is 2.26. The van der Waals surface area contributed by atoms with E-state index in [-0.39, 0.29) is 23.5 Å². The van der Waals surface area contributed by atoms with Gasteiger partial charge in [0.2, 0.25) is 0 Å².